The van der Waals surface area contributed by atoms with Crippen molar-refractivity contribution in [3.63, 3.8) is 0 Å². The standard InChI is InChI=1S/C18H15N3O5/c1-2-21-14-5-3-12(7-13(14)19-20-21)18(23)24-9-15(22)11-4-6-16-17(8-11)26-10-25-16/h3-8H,2,9-10H2,1H3. The van der Waals surface area contributed by atoms with Crippen LogP contribution in [0.2, 0.25) is 0 Å². The summed E-state index contributed by atoms with van der Waals surface area (Å²) in [4.78, 5) is 24.4. The fourth-order valence-electron chi connectivity index (χ4n) is 2.70. The van der Waals surface area contributed by atoms with E-state index in [1.54, 1.807) is 41.1 Å². The number of aryl methyl sites for hydroxylation is 1. The van der Waals surface area contributed by atoms with E-state index >= 15 is 0 Å². The number of rotatable bonds is 5. The highest BCUT2D eigenvalue weighted by Crippen LogP contribution is 2.32. The molecule has 0 fully saturated rings. The molecule has 1 aliphatic rings. The van der Waals surface area contributed by atoms with Crippen LogP contribution in [0.1, 0.15) is 27.6 Å². The summed E-state index contributed by atoms with van der Waals surface area (Å²) in [6, 6.07) is 9.83. The Morgan fingerprint density at radius 2 is 1.92 bits per heavy atom. The Morgan fingerprint density at radius 3 is 2.77 bits per heavy atom. The van der Waals surface area contributed by atoms with Crippen LogP contribution < -0.4 is 9.47 Å². The minimum atomic E-state index is -0.591. The summed E-state index contributed by atoms with van der Waals surface area (Å²) in [5.74, 6) is 0.181. The molecule has 0 amide bonds. The van der Waals surface area contributed by atoms with E-state index in [1.165, 1.54) is 0 Å². The van der Waals surface area contributed by atoms with Gasteiger partial charge in [0.2, 0.25) is 6.79 Å². The van der Waals surface area contributed by atoms with Gasteiger partial charge in [-0.1, -0.05) is 5.21 Å². The van der Waals surface area contributed by atoms with Gasteiger partial charge in [-0.25, -0.2) is 9.48 Å². The minimum Gasteiger partial charge on any atom is -0.454 e. The van der Waals surface area contributed by atoms with E-state index in [2.05, 4.69) is 10.3 Å². The fraction of sp³-hybridized carbons (Fsp3) is 0.222. The molecule has 2 aromatic carbocycles. The van der Waals surface area contributed by atoms with Gasteiger partial charge in [0.15, 0.2) is 23.9 Å². The van der Waals surface area contributed by atoms with E-state index in [0.717, 1.165) is 5.52 Å². The lowest BCUT2D eigenvalue weighted by Crippen LogP contribution is -2.14. The van der Waals surface area contributed by atoms with Crippen LogP contribution in [0.4, 0.5) is 0 Å². The molecule has 0 saturated carbocycles. The molecule has 0 saturated heterocycles. The fourth-order valence-corrected chi connectivity index (χ4v) is 2.70. The van der Waals surface area contributed by atoms with Crippen LogP contribution in [0.5, 0.6) is 11.5 Å². The number of nitrogens with zero attached hydrogens (tertiary/aromatic N) is 3. The van der Waals surface area contributed by atoms with Gasteiger partial charge in [0.25, 0.3) is 0 Å². The quantitative estimate of drug-likeness (QED) is 0.513. The Kier molecular flexibility index (Phi) is 4.00. The van der Waals surface area contributed by atoms with Crippen molar-refractivity contribution in [1.82, 2.24) is 15.0 Å². The summed E-state index contributed by atoms with van der Waals surface area (Å²) >= 11 is 0. The maximum Gasteiger partial charge on any atom is 0.338 e. The van der Waals surface area contributed by atoms with Crippen LogP contribution >= 0.6 is 0 Å². The number of ketones is 1. The number of carbonyl (C=O) groups excluding carboxylic acids is 2. The Hall–Kier alpha value is -3.42. The molecule has 0 atom stereocenters. The monoisotopic (exact) mass is 353 g/mol. The molecule has 2 heterocycles. The second kappa shape index (κ2) is 6.47. The molecule has 8 nitrogen and oxygen atoms in total. The first-order valence-corrected chi connectivity index (χ1v) is 8.09. The van der Waals surface area contributed by atoms with Crippen molar-refractivity contribution >= 4 is 22.8 Å². The normalized spacial score (nSPS) is 12.3. The van der Waals surface area contributed by atoms with Gasteiger partial charge in [0.05, 0.1) is 11.1 Å². The van der Waals surface area contributed by atoms with Crippen LogP contribution in [0, 0.1) is 0 Å². The van der Waals surface area contributed by atoms with Crippen molar-refractivity contribution in [2.24, 2.45) is 0 Å². The third-order valence-electron chi connectivity index (χ3n) is 4.08. The molecule has 1 aliphatic heterocycles. The maximum atomic E-state index is 12.2. The predicted molar refractivity (Wildman–Crippen MR) is 90.4 cm³/mol. The van der Waals surface area contributed by atoms with Gasteiger partial charge in [0.1, 0.15) is 5.52 Å². The summed E-state index contributed by atoms with van der Waals surface area (Å²) in [7, 11) is 0. The van der Waals surface area contributed by atoms with Gasteiger partial charge in [-0.2, -0.15) is 0 Å². The molecule has 0 bridgehead atoms. The third-order valence-corrected chi connectivity index (χ3v) is 4.08. The van der Waals surface area contributed by atoms with Gasteiger partial charge in [0, 0.05) is 12.1 Å². The van der Waals surface area contributed by atoms with Crippen molar-refractivity contribution < 1.29 is 23.8 Å². The Labute approximate surface area is 148 Å². The molecule has 26 heavy (non-hydrogen) atoms. The Balaban J connectivity index is 1.44. The summed E-state index contributed by atoms with van der Waals surface area (Å²) in [5.41, 5.74) is 2.14. The van der Waals surface area contributed by atoms with E-state index in [-0.39, 0.29) is 19.2 Å². The first-order valence-electron chi connectivity index (χ1n) is 8.09. The number of hydrogen-bond donors (Lipinski definition) is 0. The second-order valence-electron chi connectivity index (χ2n) is 5.68. The zero-order valence-electron chi connectivity index (χ0n) is 14.0. The maximum absolute atomic E-state index is 12.2. The Bertz CT molecular complexity index is 1010. The molecular weight excluding hydrogens is 338 g/mol. The summed E-state index contributed by atoms with van der Waals surface area (Å²) < 4.78 is 17.3. The molecule has 0 aliphatic carbocycles. The van der Waals surface area contributed by atoms with Crippen molar-refractivity contribution in [3.05, 3.63) is 47.5 Å². The summed E-state index contributed by atoms with van der Waals surface area (Å²) in [6.07, 6.45) is 0. The highest BCUT2D eigenvalue weighted by atomic mass is 16.7. The van der Waals surface area contributed by atoms with Crippen molar-refractivity contribution in [1.29, 1.82) is 0 Å². The third kappa shape index (κ3) is 2.85. The van der Waals surface area contributed by atoms with E-state index in [0.29, 0.717) is 34.7 Å². The molecule has 3 aromatic rings. The number of Topliss-reactive ketones (excluding diaryl/α,β-unsaturated/α-hetero) is 1. The number of benzene rings is 2. The number of ether oxygens (including phenoxy) is 3. The minimum absolute atomic E-state index is 0.132. The molecule has 1 aromatic heterocycles. The van der Waals surface area contributed by atoms with E-state index in [9.17, 15) is 9.59 Å². The summed E-state index contributed by atoms with van der Waals surface area (Å²) in [6.45, 7) is 2.41. The van der Waals surface area contributed by atoms with E-state index in [4.69, 9.17) is 14.2 Å². The van der Waals surface area contributed by atoms with Crippen molar-refractivity contribution in [2.45, 2.75) is 13.5 Å². The average Bonchev–Trinajstić information content (AvgIpc) is 3.30. The SMILES string of the molecule is CCn1nnc2cc(C(=O)OCC(=O)c3ccc4c(c3)OCO4)ccc21. The van der Waals surface area contributed by atoms with Gasteiger partial charge in [-0.15, -0.1) is 5.10 Å². The molecule has 0 spiro atoms. The molecule has 4 rings (SSSR count). The molecular formula is C18H15N3O5. The van der Waals surface area contributed by atoms with Gasteiger partial charge >= 0.3 is 5.97 Å². The second-order valence-corrected chi connectivity index (χ2v) is 5.68. The number of hydrogen-bond acceptors (Lipinski definition) is 7. The number of aromatic nitrogens is 3. The first-order chi connectivity index (χ1) is 12.7. The van der Waals surface area contributed by atoms with E-state index < -0.39 is 5.97 Å². The lowest BCUT2D eigenvalue weighted by molar-refractivity contribution is 0.0475. The number of esters is 1. The highest BCUT2D eigenvalue weighted by molar-refractivity contribution is 6.00. The van der Waals surface area contributed by atoms with Gasteiger partial charge < -0.3 is 14.2 Å². The largest absolute Gasteiger partial charge is 0.454 e. The van der Waals surface area contributed by atoms with Crippen LogP contribution in [-0.2, 0) is 11.3 Å². The van der Waals surface area contributed by atoms with Crippen LogP contribution in [0.25, 0.3) is 11.0 Å². The molecule has 0 N–H and O–H groups in total. The smallest absolute Gasteiger partial charge is 0.338 e. The highest BCUT2D eigenvalue weighted by Gasteiger charge is 2.18. The number of carbonyl (C=O) groups is 2. The zero-order valence-corrected chi connectivity index (χ0v) is 14.0. The lowest BCUT2D eigenvalue weighted by Gasteiger charge is -2.05. The van der Waals surface area contributed by atoms with Crippen LogP contribution in [-0.4, -0.2) is 40.1 Å². The van der Waals surface area contributed by atoms with Crippen molar-refractivity contribution in [3.8, 4) is 11.5 Å². The van der Waals surface area contributed by atoms with Gasteiger partial charge in [-0.05, 0) is 43.3 Å². The van der Waals surface area contributed by atoms with Gasteiger partial charge in [-0.3, -0.25) is 4.79 Å². The van der Waals surface area contributed by atoms with Crippen LogP contribution in [0.15, 0.2) is 36.4 Å². The molecule has 0 radical (unpaired) electrons. The molecule has 8 heteroatoms. The topological polar surface area (TPSA) is 92.5 Å². The van der Waals surface area contributed by atoms with E-state index in [1.807, 2.05) is 6.92 Å². The summed E-state index contributed by atoms with van der Waals surface area (Å²) in [5, 5.41) is 8.02. The Morgan fingerprint density at radius 1 is 1.12 bits per heavy atom. The number of fused-ring (bicyclic) bond motifs is 2. The predicted octanol–water partition coefficient (Wildman–Crippen LogP) is 2.22. The van der Waals surface area contributed by atoms with Crippen molar-refractivity contribution in [2.75, 3.05) is 13.4 Å². The zero-order chi connectivity index (χ0) is 18.1. The molecule has 0 unspecified atom stereocenters. The first kappa shape index (κ1) is 16.1. The average molecular weight is 353 g/mol. The molecule has 132 valence electrons. The lowest BCUT2D eigenvalue weighted by atomic mass is 10.1. The van der Waals surface area contributed by atoms with Crippen LogP contribution in [0.3, 0.4) is 0 Å².